The van der Waals surface area contributed by atoms with Gasteiger partial charge < -0.3 is 24.9 Å². The van der Waals surface area contributed by atoms with Crippen LogP contribution in [-0.4, -0.2) is 42.2 Å². The van der Waals surface area contributed by atoms with Gasteiger partial charge in [0.05, 0.1) is 24.8 Å². The smallest absolute Gasteiger partial charge is 0.340 e. The number of carbonyl (C=O) groups excluding carboxylic acids is 2. The molecule has 2 amide bonds. The van der Waals surface area contributed by atoms with Gasteiger partial charge in [-0.15, -0.1) is 0 Å². The van der Waals surface area contributed by atoms with Gasteiger partial charge in [0.25, 0.3) is 5.91 Å². The summed E-state index contributed by atoms with van der Waals surface area (Å²) in [6.07, 6.45) is 3.53. The van der Waals surface area contributed by atoms with Crippen molar-refractivity contribution < 1.29 is 23.8 Å². The number of nitrogens with one attached hydrogen (secondary N) is 2. The van der Waals surface area contributed by atoms with Crippen LogP contribution in [0.4, 0.5) is 0 Å². The molecule has 0 aromatic carbocycles. The predicted octanol–water partition coefficient (Wildman–Crippen LogP) is 0.849. The lowest BCUT2D eigenvalue weighted by Gasteiger charge is -2.33. The number of rotatable bonds is 4. The fraction of sp³-hybridized carbons (Fsp3) is 0.500. The largest absolute Gasteiger partial charge is 0.508 e. The van der Waals surface area contributed by atoms with Crippen molar-refractivity contribution in [2.24, 2.45) is 0 Å². The fourth-order valence-electron chi connectivity index (χ4n) is 3.03. The van der Waals surface area contributed by atoms with E-state index in [-0.39, 0.29) is 36.1 Å². The van der Waals surface area contributed by atoms with Crippen LogP contribution in [0.1, 0.15) is 43.2 Å². The van der Waals surface area contributed by atoms with E-state index in [9.17, 15) is 19.5 Å². The first-order valence-electron chi connectivity index (χ1n) is 8.66. The highest BCUT2D eigenvalue weighted by Crippen LogP contribution is 2.28. The van der Waals surface area contributed by atoms with Gasteiger partial charge in [-0.3, -0.25) is 9.59 Å². The SMILES string of the molecule is CC(C(=O)N[C@@H]1COCC[C@@H]1NC(=O)c1cc(O)cc(=O)o1)=C1CCC1. The quantitative estimate of drug-likeness (QED) is 0.684. The highest BCUT2D eigenvalue weighted by atomic mass is 16.5. The standard InChI is InChI=1S/C18H22N2O6/c1-10(11-3-2-4-11)17(23)20-14-9-25-6-5-13(14)19-18(24)15-7-12(21)8-16(22)26-15/h7-8,13-14,21H,2-6,9H2,1H3,(H,19,24)(H,20,23)/t13-,14+/m0/s1. The number of hydrogen-bond acceptors (Lipinski definition) is 6. The molecule has 1 saturated carbocycles. The predicted molar refractivity (Wildman–Crippen MR) is 91.8 cm³/mol. The van der Waals surface area contributed by atoms with Gasteiger partial charge in [-0.2, -0.15) is 0 Å². The molecule has 2 heterocycles. The summed E-state index contributed by atoms with van der Waals surface area (Å²) in [7, 11) is 0. The zero-order valence-electron chi connectivity index (χ0n) is 14.5. The van der Waals surface area contributed by atoms with Crippen molar-refractivity contribution in [3.8, 4) is 5.75 Å². The Kier molecular flexibility index (Phi) is 5.41. The summed E-state index contributed by atoms with van der Waals surface area (Å²) in [4.78, 5) is 36.0. The Balaban J connectivity index is 1.67. The third-order valence-electron chi connectivity index (χ3n) is 4.80. The van der Waals surface area contributed by atoms with Gasteiger partial charge in [-0.05, 0) is 32.6 Å². The molecular formula is C18H22N2O6. The van der Waals surface area contributed by atoms with Crippen molar-refractivity contribution in [3.63, 3.8) is 0 Å². The number of amides is 2. The van der Waals surface area contributed by atoms with Crippen LogP contribution in [0, 0.1) is 0 Å². The monoisotopic (exact) mass is 362 g/mol. The second-order valence-electron chi connectivity index (χ2n) is 6.60. The van der Waals surface area contributed by atoms with E-state index in [1.54, 1.807) is 0 Å². The highest BCUT2D eigenvalue weighted by Gasteiger charge is 2.30. The molecule has 2 atom stereocenters. The van der Waals surface area contributed by atoms with Gasteiger partial charge >= 0.3 is 5.63 Å². The molecule has 1 aliphatic carbocycles. The molecule has 0 unspecified atom stereocenters. The minimum Gasteiger partial charge on any atom is -0.508 e. The molecule has 3 rings (SSSR count). The van der Waals surface area contributed by atoms with E-state index < -0.39 is 11.5 Å². The Labute approximate surface area is 150 Å². The van der Waals surface area contributed by atoms with Gasteiger partial charge in [0.15, 0.2) is 5.76 Å². The summed E-state index contributed by atoms with van der Waals surface area (Å²) in [6.45, 7) is 2.53. The summed E-state index contributed by atoms with van der Waals surface area (Å²) < 4.78 is 10.2. The Morgan fingerprint density at radius 3 is 2.62 bits per heavy atom. The van der Waals surface area contributed by atoms with Gasteiger partial charge in [-0.1, -0.05) is 5.57 Å². The Hall–Kier alpha value is -2.61. The lowest BCUT2D eigenvalue weighted by molar-refractivity contribution is -0.119. The van der Waals surface area contributed by atoms with Crippen molar-refractivity contribution in [1.29, 1.82) is 0 Å². The maximum absolute atomic E-state index is 12.4. The molecule has 26 heavy (non-hydrogen) atoms. The maximum atomic E-state index is 12.4. The zero-order chi connectivity index (χ0) is 18.7. The topological polar surface area (TPSA) is 118 Å². The van der Waals surface area contributed by atoms with Crippen LogP contribution < -0.4 is 16.3 Å². The minimum absolute atomic E-state index is 0.154. The van der Waals surface area contributed by atoms with Crippen molar-refractivity contribution in [3.05, 3.63) is 39.5 Å². The maximum Gasteiger partial charge on any atom is 0.340 e. The van der Waals surface area contributed by atoms with Crippen molar-refractivity contribution in [2.45, 2.75) is 44.7 Å². The van der Waals surface area contributed by atoms with Crippen molar-refractivity contribution in [2.75, 3.05) is 13.2 Å². The fourth-order valence-corrected chi connectivity index (χ4v) is 3.03. The molecule has 0 radical (unpaired) electrons. The number of aromatic hydroxyl groups is 1. The highest BCUT2D eigenvalue weighted by molar-refractivity contribution is 5.94. The van der Waals surface area contributed by atoms with Crippen LogP contribution in [-0.2, 0) is 9.53 Å². The average molecular weight is 362 g/mol. The molecule has 1 saturated heterocycles. The van der Waals surface area contributed by atoms with Gasteiger partial charge in [0.2, 0.25) is 5.91 Å². The molecule has 2 aliphatic rings. The van der Waals surface area contributed by atoms with Gasteiger partial charge in [0, 0.05) is 18.2 Å². The third-order valence-corrected chi connectivity index (χ3v) is 4.80. The molecule has 0 spiro atoms. The average Bonchev–Trinajstić information content (AvgIpc) is 2.54. The first-order valence-corrected chi connectivity index (χ1v) is 8.66. The van der Waals surface area contributed by atoms with E-state index in [0.717, 1.165) is 37.0 Å². The summed E-state index contributed by atoms with van der Waals surface area (Å²) in [5.41, 5.74) is 1.09. The summed E-state index contributed by atoms with van der Waals surface area (Å²) in [5, 5.41) is 15.1. The minimum atomic E-state index is -0.810. The molecule has 8 heteroatoms. The molecular weight excluding hydrogens is 340 g/mol. The van der Waals surface area contributed by atoms with Crippen LogP contribution in [0.25, 0.3) is 0 Å². The number of hydrogen-bond donors (Lipinski definition) is 3. The van der Waals surface area contributed by atoms with E-state index in [1.807, 2.05) is 6.92 Å². The first-order chi connectivity index (χ1) is 12.4. The Morgan fingerprint density at radius 2 is 1.96 bits per heavy atom. The van der Waals surface area contributed by atoms with Crippen LogP contribution in [0.15, 0.2) is 32.5 Å². The van der Waals surface area contributed by atoms with Crippen LogP contribution >= 0.6 is 0 Å². The second-order valence-corrected chi connectivity index (χ2v) is 6.60. The van der Waals surface area contributed by atoms with E-state index in [1.165, 1.54) is 5.57 Å². The van der Waals surface area contributed by atoms with E-state index in [4.69, 9.17) is 9.15 Å². The van der Waals surface area contributed by atoms with Crippen LogP contribution in [0.3, 0.4) is 0 Å². The molecule has 0 bridgehead atoms. The molecule has 1 aromatic rings. The third kappa shape index (κ3) is 4.13. The zero-order valence-corrected chi connectivity index (χ0v) is 14.5. The molecule has 8 nitrogen and oxygen atoms in total. The van der Waals surface area contributed by atoms with E-state index in [0.29, 0.717) is 13.0 Å². The van der Waals surface area contributed by atoms with Gasteiger partial charge in [-0.25, -0.2) is 4.79 Å². The van der Waals surface area contributed by atoms with E-state index >= 15 is 0 Å². The van der Waals surface area contributed by atoms with Crippen molar-refractivity contribution >= 4 is 11.8 Å². The van der Waals surface area contributed by atoms with Crippen LogP contribution in [0.5, 0.6) is 5.75 Å². The lowest BCUT2D eigenvalue weighted by Crippen LogP contribution is -2.56. The molecule has 3 N–H and O–H groups in total. The normalized spacial score (nSPS) is 22.3. The number of allylic oxidation sites excluding steroid dienone is 1. The van der Waals surface area contributed by atoms with Crippen LogP contribution in [0.2, 0.25) is 0 Å². The molecule has 2 fully saturated rings. The Morgan fingerprint density at radius 1 is 1.19 bits per heavy atom. The summed E-state index contributed by atoms with van der Waals surface area (Å²) in [5.74, 6) is -1.40. The molecule has 1 aliphatic heterocycles. The molecule has 140 valence electrons. The first kappa shape index (κ1) is 18.2. The molecule has 1 aromatic heterocycles. The number of carbonyl (C=O) groups is 2. The lowest BCUT2D eigenvalue weighted by atomic mass is 9.88. The second kappa shape index (κ2) is 7.74. The van der Waals surface area contributed by atoms with Gasteiger partial charge in [0.1, 0.15) is 5.75 Å². The van der Waals surface area contributed by atoms with E-state index in [2.05, 4.69) is 10.6 Å². The van der Waals surface area contributed by atoms with Crippen molar-refractivity contribution in [1.82, 2.24) is 10.6 Å². The summed E-state index contributed by atoms with van der Waals surface area (Å²) >= 11 is 0. The summed E-state index contributed by atoms with van der Waals surface area (Å²) in [6, 6.07) is 1.20. The number of ether oxygens (including phenoxy) is 1. The Bertz CT molecular complexity index is 791.